The first kappa shape index (κ1) is 30.1. The van der Waals surface area contributed by atoms with E-state index < -0.39 is 17.7 Å². The Morgan fingerprint density at radius 2 is 1.18 bits per heavy atom. The van der Waals surface area contributed by atoms with Crippen LogP contribution in [0.1, 0.15) is 115 Å². The van der Waals surface area contributed by atoms with Crippen molar-refractivity contribution in [1.82, 2.24) is 0 Å². The lowest BCUT2D eigenvalue weighted by Gasteiger charge is -2.08. The fourth-order valence-electron chi connectivity index (χ4n) is 3.85. The molecule has 0 radical (unpaired) electrons. The molecule has 0 amide bonds. The van der Waals surface area contributed by atoms with Gasteiger partial charge in [-0.3, -0.25) is 4.79 Å². The Bertz CT molecular complexity index is 681. The summed E-state index contributed by atoms with van der Waals surface area (Å²) >= 11 is 0. The number of carbonyl (C=O) groups is 1. The molecule has 0 aromatic heterocycles. The number of alkyl halides is 3. The summed E-state index contributed by atoms with van der Waals surface area (Å²) in [5.41, 5.74) is 0.132. The van der Waals surface area contributed by atoms with Crippen LogP contribution in [0.4, 0.5) is 13.2 Å². The van der Waals surface area contributed by atoms with E-state index in [1.165, 1.54) is 102 Å². The van der Waals surface area contributed by atoms with Crippen LogP contribution in [0, 0.1) is 0 Å². The molecule has 0 unspecified atom stereocenters. The molecule has 0 fully saturated rings. The Morgan fingerprint density at radius 3 is 1.59 bits per heavy atom. The van der Waals surface area contributed by atoms with Crippen molar-refractivity contribution in [3.05, 3.63) is 35.9 Å². The fraction of sp³-hybridized carbons (Fsp3) is 0.679. The Labute approximate surface area is 203 Å². The van der Waals surface area contributed by atoms with Gasteiger partial charge >= 0.3 is 6.18 Å². The molecule has 0 saturated carbocycles. The van der Waals surface area contributed by atoms with Crippen molar-refractivity contribution in [3.8, 4) is 5.75 Å². The molecule has 0 bridgehead atoms. The fourth-order valence-corrected chi connectivity index (χ4v) is 3.85. The second-order valence-corrected chi connectivity index (χ2v) is 9.07. The maximum Gasteiger partial charge on any atom is 0.454 e. The third-order valence-electron chi connectivity index (χ3n) is 5.96. The van der Waals surface area contributed by atoms with Crippen molar-refractivity contribution in [2.45, 2.75) is 116 Å². The third kappa shape index (κ3) is 15.0. The number of unbranched alkanes of at least 4 members (excludes halogenated alkanes) is 15. The highest BCUT2D eigenvalue weighted by Crippen LogP contribution is 2.22. The van der Waals surface area contributed by atoms with Crippen LogP contribution in [0.5, 0.6) is 5.75 Å². The van der Waals surface area contributed by atoms with Crippen molar-refractivity contribution < 1.29 is 27.8 Å². The molecule has 0 spiro atoms. The van der Waals surface area contributed by atoms with Gasteiger partial charge in [-0.25, -0.2) is 0 Å². The van der Waals surface area contributed by atoms with Crippen LogP contribution in [-0.4, -0.2) is 23.7 Å². The Balaban J connectivity index is 1.99. The van der Waals surface area contributed by atoms with E-state index >= 15 is 0 Å². The molecule has 1 aromatic carbocycles. The van der Waals surface area contributed by atoms with Crippen molar-refractivity contribution in [2.24, 2.45) is 0 Å². The number of benzene rings is 1. The highest BCUT2D eigenvalue weighted by Gasteiger charge is 2.37. The number of ketones is 1. The molecular weight excluding hydrogens is 441 g/mol. The van der Waals surface area contributed by atoms with Gasteiger partial charge in [0, 0.05) is 11.6 Å². The van der Waals surface area contributed by atoms with E-state index in [0.29, 0.717) is 12.4 Å². The van der Waals surface area contributed by atoms with E-state index in [9.17, 15) is 23.1 Å². The van der Waals surface area contributed by atoms with Crippen molar-refractivity contribution in [3.63, 3.8) is 0 Å². The van der Waals surface area contributed by atoms with E-state index in [1.807, 2.05) is 0 Å². The number of aliphatic hydroxyl groups is 1. The van der Waals surface area contributed by atoms with Crippen LogP contribution in [0.2, 0.25) is 0 Å². The van der Waals surface area contributed by atoms with Gasteiger partial charge in [0.15, 0.2) is 0 Å². The number of allylic oxidation sites excluding steroid dienone is 1. The van der Waals surface area contributed by atoms with Crippen LogP contribution in [0.3, 0.4) is 0 Å². The monoisotopic (exact) mass is 484 g/mol. The summed E-state index contributed by atoms with van der Waals surface area (Å²) in [5.74, 6) is -2.22. The van der Waals surface area contributed by atoms with Crippen molar-refractivity contribution in [1.29, 1.82) is 0 Å². The molecule has 0 aliphatic heterocycles. The number of halogens is 3. The summed E-state index contributed by atoms with van der Waals surface area (Å²) in [5, 5.41) is 9.68. The van der Waals surface area contributed by atoms with Crippen LogP contribution >= 0.6 is 0 Å². The first-order valence-electron chi connectivity index (χ1n) is 13.1. The second-order valence-electron chi connectivity index (χ2n) is 9.07. The van der Waals surface area contributed by atoms with Gasteiger partial charge in [0.1, 0.15) is 11.5 Å². The highest BCUT2D eigenvalue weighted by atomic mass is 19.4. The lowest BCUT2D eigenvalue weighted by Crippen LogP contribution is -2.20. The van der Waals surface area contributed by atoms with E-state index in [4.69, 9.17) is 4.74 Å². The Kier molecular flexibility index (Phi) is 16.2. The zero-order chi connectivity index (χ0) is 25.1. The van der Waals surface area contributed by atoms with E-state index in [1.54, 1.807) is 12.1 Å². The summed E-state index contributed by atoms with van der Waals surface area (Å²) in [6, 6.07) is 6.00. The molecule has 1 aromatic rings. The number of hydrogen-bond donors (Lipinski definition) is 1. The second kappa shape index (κ2) is 18.4. The lowest BCUT2D eigenvalue weighted by molar-refractivity contribution is -0.165. The van der Waals surface area contributed by atoms with Crippen LogP contribution in [-0.2, 0) is 4.79 Å². The number of rotatable bonds is 20. The normalized spacial score (nSPS) is 12.2. The van der Waals surface area contributed by atoms with Gasteiger partial charge in [-0.2, -0.15) is 13.2 Å². The Hall–Kier alpha value is -1.98. The minimum absolute atomic E-state index is 0.132. The van der Waals surface area contributed by atoms with Gasteiger partial charge in [0.05, 0.1) is 6.61 Å². The molecule has 0 heterocycles. The summed E-state index contributed by atoms with van der Waals surface area (Å²) in [7, 11) is 0. The van der Waals surface area contributed by atoms with Crippen LogP contribution < -0.4 is 4.74 Å². The SMILES string of the molecule is CCCCCCCCCCCCCCCCCCOc1ccc(/C(O)=C/C(=O)C(F)(F)F)cc1. The predicted octanol–water partition coefficient (Wildman–Crippen LogP) is 9.36. The van der Waals surface area contributed by atoms with Crippen molar-refractivity contribution in [2.75, 3.05) is 6.61 Å². The van der Waals surface area contributed by atoms with Gasteiger partial charge in [0.25, 0.3) is 5.78 Å². The van der Waals surface area contributed by atoms with Crippen LogP contribution in [0.25, 0.3) is 5.76 Å². The lowest BCUT2D eigenvalue weighted by atomic mass is 10.0. The van der Waals surface area contributed by atoms with Gasteiger partial charge in [-0.1, -0.05) is 103 Å². The van der Waals surface area contributed by atoms with Crippen molar-refractivity contribution >= 4 is 11.5 Å². The first-order chi connectivity index (χ1) is 16.3. The number of carbonyl (C=O) groups excluding carboxylic acids is 1. The molecule has 6 heteroatoms. The zero-order valence-corrected chi connectivity index (χ0v) is 20.8. The predicted molar refractivity (Wildman–Crippen MR) is 133 cm³/mol. The molecule has 3 nitrogen and oxygen atoms in total. The standard InChI is InChI=1S/C28H43F3O3/c1-2-3-4-5-6-7-8-9-10-11-12-13-14-15-16-17-22-34-25-20-18-24(19-21-25)26(32)23-27(33)28(29,30)31/h18-21,23,32H,2-17,22H2,1H3/b26-23-. The number of ether oxygens (including phenoxy) is 1. The average Bonchev–Trinajstić information content (AvgIpc) is 2.80. The van der Waals surface area contributed by atoms with E-state index in [-0.39, 0.29) is 11.6 Å². The minimum atomic E-state index is -5.00. The molecule has 194 valence electrons. The minimum Gasteiger partial charge on any atom is -0.507 e. The van der Waals surface area contributed by atoms with E-state index in [0.717, 1.165) is 12.8 Å². The maximum atomic E-state index is 12.3. The largest absolute Gasteiger partial charge is 0.507 e. The average molecular weight is 485 g/mol. The Morgan fingerprint density at radius 1 is 0.765 bits per heavy atom. The summed E-state index contributed by atoms with van der Waals surface area (Å²) in [6.45, 7) is 2.83. The topological polar surface area (TPSA) is 46.5 Å². The molecular formula is C28H43F3O3. The molecule has 34 heavy (non-hydrogen) atoms. The van der Waals surface area contributed by atoms with Gasteiger partial charge in [0.2, 0.25) is 0 Å². The molecule has 0 aliphatic carbocycles. The quantitative estimate of drug-likeness (QED) is 0.114. The van der Waals surface area contributed by atoms with E-state index in [2.05, 4.69) is 6.92 Å². The van der Waals surface area contributed by atoms with Crippen LogP contribution in [0.15, 0.2) is 30.3 Å². The van der Waals surface area contributed by atoms with Gasteiger partial charge in [-0.05, 0) is 30.7 Å². The smallest absolute Gasteiger partial charge is 0.454 e. The summed E-state index contributed by atoms with van der Waals surface area (Å²) in [4.78, 5) is 10.9. The molecule has 0 atom stereocenters. The number of aliphatic hydroxyl groups excluding tert-OH is 1. The maximum absolute atomic E-state index is 12.3. The van der Waals surface area contributed by atoms with Gasteiger partial charge in [-0.15, -0.1) is 0 Å². The summed E-state index contributed by atoms with van der Waals surface area (Å²) in [6.07, 6.45) is 16.2. The molecule has 1 N–H and O–H groups in total. The highest BCUT2D eigenvalue weighted by molar-refractivity contribution is 5.99. The summed E-state index contributed by atoms with van der Waals surface area (Å²) < 4.78 is 42.4. The van der Waals surface area contributed by atoms with Gasteiger partial charge < -0.3 is 9.84 Å². The molecule has 1 rings (SSSR count). The zero-order valence-electron chi connectivity index (χ0n) is 20.8. The molecule has 0 saturated heterocycles. The molecule has 0 aliphatic rings. The first-order valence-corrected chi connectivity index (χ1v) is 13.1. The number of hydrogen-bond acceptors (Lipinski definition) is 3. The third-order valence-corrected chi connectivity index (χ3v) is 5.96.